The third-order valence-corrected chi connectivity index (χ3v) is 19.4. The number of esters is 5. The molecule has 32 heteroatoms. The first-order valence-corrected chi connectivity index (χ1v) is 31.8. The second-order valence-corrected chi connectivity index (χ2v) is 26.2. The Balaban J connectivity index is 0.000000608. The molecule has 16 atom stereocenters. The lowest BCUT2D eigenvalue weighted by molar-refractivity contribution is -0.393. The Labute approximate surface area is 572 Å². The Morgan fingerprint density at radius 3 is 1.26 bits per heavy atom. The van der Waals surface area contributed by atoms with E-state index in [1.54, 1.807) is 20.8 Å². The van der Waals surface area contributed by atoms with E-state index in [1.165, 1.54) is 85.5 Å². The maximum Gasteiger partial charge on any atom is 0.426 e. The van der Waals surface area contributed by atoms with Crippen LogP contribution in [0.2, 0.25) is 0 Å². The number of fused-ring (bicyclic) bond motifs is 6. The molecule has 0 aliphatic heterocycles. The van der Waals surface area contributed by atoms with Gasteiger partial charge in [0, 0.05) is 64.4 Å². The Morgan fingerprint density at radius 2 is 0.940 bits per heavy atom. The summed E-state index contributed by atoms with van der Waals surface area (Å²) in [6.45, 7) is 35.6. The highest BCUT2D eigenvalue weighted by Gasteiger charge is 2.76. The monoisotopic (exact) mass is 1450 g/mol. The van der Waals surface area contributed by atoms with Crippen LogP contribution in [0.5, 0.6) is 0 Å². The van der Waals surface area contributed by atoms with E-state index in [0.29, 0.717) is 53.0 Å². The number of aliphatic hydroxyl groups is 3. The molecule has 100 heavy (non-hydrogen) atoms. The number of nitriles is 2. The average Bonchev–Trinajstić information content (AvgIpc) is 1.17. The zero-order valence-corrected chi connectivity index (χ0v) is 56.7. The van der Waals surface area contributed by atoms with Crippen molar-refractivity contribution >= 4 is 29.8 Å². The van der Waals surface area contributed by atoms with Crippen LogP contribution in [-0.2, 0) is 47.7 Å². The molecule has 8 aliphatic rings. The number of nitrogens with zero attached hydrogens (tertiary/aromatic N) is 4. The number of rotatable bonds is 11. The summed E-state index contributed by atoms with van der Waals surface area (Å²) in [5.74, 6) is -4.76. The van der Waals surface area contributed by atoms with Crippen molar-refractivity contribution in [2.24, 2.45) is 71.0 Å². The number of carbonyl (C=O) groups is 5. The zero-order chi connectivity index (χ0) is 77.5. The van der Waals surface area contributed by atoms with Crippen molar-refractivity contribution in [3.8, 4) is 12.1 Å². The van der Waals surface area contributed by atoms with Gasteiger partial charge in [-0.1, -0.05) is 52.2 Å². The first-order valence-electron chi connectivity index (χ1n) is 31.8. The Morgan fingerprint density at radius 1 is 0.520 bits per heavy atom. The van der Waals surface area contributed by atoms with Crippen molar-refractivity contribution in [2.45, 2.75) is 209 Å². The molecule has 8 rings (SSSR count). The number of methoxy groups -OCH3 is 3. The van der Waals surface area contributed by atoms with E-state index in [4.69, 9.17) is 23.7 Å². The van der Waals surface area contributed by atoms with Crippen molar-refractivity contribution in [1.29, 1.82) is 10.5 Å². The van der Waals surface area contributed by atoms with Crippen LogP contribution >= 0.6 is 0 Å². The lowest BCUT2D eigenvalue weighted by Gasteiger charge is -2.47. The fraction of sp³-hybridized carbons (Fsp3) is 0.721. The number of hydrogen-bond donors (Lipinski definition) is 3. The summed E-state index contributed by atoms with van der Waals surface area (Å²) in [7, 11) is 3.99. The van der Waals surface area contributed by atoms with Gasteiger partial charge in [-0.3, -0.25) is 0 Å². The van der Waals surface area contributed by atoms with E-state index in [0.717, 1.165) is 42.6 Å². The minimum Gasteiger partial charge on any atom is -0.466 e. The van der Waals surface area contributed by atoms with Crippen molar-refractivity contribution in [3.63, 3.8) is 0 Å². The normalized spacial score (nSPS) is 28.1. The molecular weight excluding hydrogens is 1370 g/mol. The second kappa shape index (κ2) is 38.8. The average molecular weight is 1460 g/mol. The van der Waals surface area contributed by atoms with Gasteiger partial charge in [0.2, 0.25) is 12.6 Å². The standard InChI is InChI=1S/C15H17F9O4.C12H14F6O3.C9H10N2.C9H13N.C8H11N.3C5H8O2/c1-3-10(25)28-9-5-7(11(2,26)13(16,17)18)4-8(6-9)12(27,14(19,20)21)15(22,23)24;1-2-9(19)21-8-6-4-3-5-7(8)10(20,11(13,14)15)12(16,17)18;1-11-9-7-3-2-6(4-7)8(9)5-10;1-10-6-9-5-7-2-3-8(9)4-7;9-5-8-4-6-1-2-7(8)3-6;3*1-4(2)5(6)7-3/h3,7-9,26-27H,1,4-6H2,2H3;2,7-8,20H,1,3-6H2;6-9H,2-4H2;7-9H,2-6H2;6-8H,1-4H2;3*1H2,2-3H3. The van der Waals surface area contributed by atoms with E-state index in [-0.39, 0.29) is 49.6 Å². The molecule has 0 amide bonds. The van der Waals surface area contributed by atoms with Gasteiger partial charge in [0.05, 0.1) is 33.5 Å². The Hall–Kier alpha value is -7.16. The fourth-order valence-corrected chi connectivity index (χ4v) is 14.0. The second-order valence-electron chi connectivity index (χ2n) is 26.2. The van der Waals surface area contributed by atoms with Crippen LogP contribution in [0.1, 0.15) is 143 Å². The van der Waals surface area contributed by atoms with Crippen LogP contribution in [0.25, 0.3) is 9.69 Å². The molecular formula is C68H89F15N4O13. The molecule has 0 aromatic rings. The summed E-state index contributed by atoms with van der Waals surface area (Å²) < 4.78 is 217. The SMILES string of the molecule is C=C(C)C(=O)OC.C=C(C)C(=O)OC.C=C(C)C(=O)OC.C=CC(=O)OC1CC(C(C)(O)C(F)(F)F)CC(C(O)(C(F)(F)F)C(F)(F)F)C1.C=CC(=O)OC1CCCCC1C(O)(C(F)(F)F)C(F)(F)F.N#CC1CC2CCC1C2.[C-]#[N+]C1C2CCC(C2)C1C#N.[C-]#[N+]CC1CC2CCC1C2. The van der Waals surface area contributed by atoms with Gasteiger partial charge < -0.3 is 48.7 Å². The first kappa shape index (κ1) is 90.9. The molecule has 3 N–H and O–H groups in total. The van der Waals surface area contributed by atoms with Crippen molar-refractivity contribution in [1.82, 2.24) is 0 Å². The summed E-state index contributed by atoms with van der Waals surface area (Å²) in [5, 5.41) is 46.1. The van der Waals surface area contributed by atoms with E-state index in [2.05, 4.69) is 78.4 Å². The lowest BCUT2D eigenvalue weighted by Crippen LogP contribution is -2.65. The highest BCUT2D eigenvalue weighted by Crippen LogP contribution is 2.57. The molecule has 0 aromatic heterocycles. The fourth-order valence-electron chi connectivity index (χ4n) is 14.0. The van der Waals surface area contributed by atoms with E-state index in [9.17, 15) is 105 Å². The molecule has 8 aliphatic carbocycles. The summed E-state index contributed by atoms with van der Waals surface area (Å²) in [5.41, 5.74) is -12.7. The highest BCUT2D eigenvalue weighted by atomic mass is 19.4. The van der Waals surface area contributed by atoms with Crippen LogP contribution in [0.15, 0.2) is 61.8 Å². The summed E-state index contributed by atoms with van der Waals surface area (Å²) in [6.07, 6.45) is -21.6. The largest absolute Gasteiger partial charge is 0.466 e. The molecule has 0 aromatic carbocycles. The van der Waals surface area contributed by atoms with Crippen LogP contribution in [-0.4, -0.2) is 139 Å². The van der Waals surface area contributed by atoms with Gasteiger partial charge in [0.25, 0.3) is 11.2 Å². The Kier molecular flexibility index (Phi) is 35.2. The molecule has 0 spiro atoms. The van der Waals surface area contributed by atoms with E-state index < -0.39 is 115 Å². The van der Waals surface area contributed by atoms with Crippen LogP contribution in [0.3, 0.4) is 0 Å². The molecule has 17 nitrogen and oxygen atoms in total. The minimum absolute atomic E-state index is 0.0405. The van der Waals surface area contributed by atoms with E-state index in [1.807, 2.05) is 0 Å². The predicted molar refractivity (Wildman–Crippen MR) is 330 cm³/mol. The van der Waals surface area contributed by atoms with Crippen LogP contribution in [0.4, 0.5) is 65.9 Å². The number of alkyl halides is 15. The summed E-state index contributed by atoms with van der Waals surface area (Å²) >= 11 is 0. The number of hydrogen-bond acceptors (Lipinski definition) is 15. The maximum absolute atomic E-state index is 13.1. The van der Waals surface area contributed by atoms with Crippen molar-refractivity contribution < 1.29 is 129 Å². The molecule has 8 saturated carbocycles. The zero-order valence-electron chi connectivity index (χ0n) is 56.7. The molecule has 0 radical (unpaired) electrons. The smallest absolute Gasteiger partial charge is 0.426 e. The molecule has 0 saturated heterocycles. The van der Waals surface area contributed by atoms with Gasteiger partial charge in [-0.2, -0.15) is 76.4 Å². The number of carbonyl (C=O) groups excluding carboxylic acids is 5. The maximum atomic E-state index is 13.1. The van der Waals surface area contributed by atoms with Gasteiger partial charge in [-0.05, 0) is 154 Å². The highest BCUT2D eigenvalue weighted by molar-refractivity contribution is 5.87. The predicted octanol–water partition coefficient (Wildman–Crippen LogP) is 15.1. The van der Waals surface area contributed by atoms with Crippen molar-refractivity contribution in [3.05, 3.63) is 84.6 Å². The van der Waals surface area contributed by atoms with Gasteiger partial charge >= 0.3 is 60.7 Å². The number of halogens is 15. The van der Waals surface area contributed by atoms with Gasteiger partial charge in [-0.25, -0.2) is 37.1 Å². The van der Waals surface area contributed by atoms with Gasteiger partial charge in [0.1, 0.15) is 18.1 Å². The van der Waals surface area contributed by atoms with Gasteiger partial charge in [-0.15, -0.1) is 0 Å². The molecule has 0 heterocycles. The quantitative estimate of drug-likeness (QED) is 0.0572. The Bertz CT molecular complexity index is 2860. The molecule has 564 valence electrons. The third-order valence-electron chi connectivity index (χ3n) is 19.4. The lowest BCUT2D eigenvalue weighted by atomic mass is 9.66. The first-order chi connectivity index (χ1) is 45.9. The molecule has 6 bridgehead atoms. The minimum atomic E-state index is -6.28. The third kappa shape index (κ3) is 24.5. The topological polar surface area (TPSA) is 248 Å². The van der Waals surface area contributed by atoms with Crippen molar-refractivity contribution in [2.75, 3.05) is 27.9 Å². The molecule has 8 fully saturated rings. The van der Waals surface area contributed by atoms with E-state index >= 15 is 0 Å². The van der Waals surface area contributed by atoms with Gasteiger partial charge in [0.15, 0.2) is 5.60 Å². The summed E-state index contributed by atoms with van der Waals surface area (Å²) in [6, 6.07) is 4.72. The summed E-state index contributed by atoms with van der Waals surface area (Å²) in [4.78, 5) is 59.9. The molecule has 16 unspecified atom stereocenters. The van der Waals surface area contributed by atoms with Crippen LogP contribution in [0, 0.1) is 107 Å². The van der Waals surface area contributed by atoms with Crippen LogP contribution < -0.4 is 0 Å². The number of ether oxygens (including phenoxy) is 5.